The van der Waals surface area contributed by atoms with E-state index in [4.69, 9.17) is 11.6 Å². The molecule has 4 heteroatoms. The Morgan fingerprint density at radius 1 is 1.14 bits per heavy atom. The largest absolute Gasteiger partial charge is 0.311 e. The van der Waals surface area contributed by atoms with Gasteiger partial charge in [-0.1, -0.05) is 45.7 Å². The van der Waals surface area contributed by atoms with Gasteiger partial charge in [0.05, 0.1) is 5.52 Å². The molecule has 0 saturated carbocycles. The molecule has 0 fully saturated rings. The van der Waals surface area contributed by atoms with Crippen LogP contribution in [0.15, 0.2) is 53.3 Å². The number of fused-ring (bicyclic) bond motifs is 1. The fraction of sp³-hybridized carbons (Fsp3) is 0.118. The van der Waals surface area contributed by atoms with Crippen LogP contribution in [0.2, 0.25) is 5.02 Å². The summed E-state index contributed by atoms with van der Waals surface area (Å²) in [4.78, 5) is 12.2. The third-order valence-corrected chi connectivity index (χ3v) is 4.48. The Labute approximate surface area is 136 Å². The number of nitrogens with zero attached hydrogens (tertiary/aromatic N) is 1. The minimum atomic E-state index is -0.0240. The van der Waals surface area contributed by atoms with E-state index in [1.165, 1.54) is 5.56 Å². The summed E-state index contributed by atoms with van der Waals surface area (Å²) in [5, 5.41) is 2.50. The quantitative estimate of drug-likeness (QED) is 0.603. The minimum Gasteiger partial charge on any atom is -0.311 e. The average molecular weight is 363 g/mol. The van der Waals surface area contributed by atoms with Gasteiger partial charge in [0, 0.05) is 28.9 Å². The Morgan fingerprint density at radius 2 is 1.95 bits per heavy atom. The van der Waals surface area contributed by atoms with Crippen molar-refractivity contribution in [2.75, 3.05) is 0 Å². The van der Waals surface area contributed by atoms with Crippen LogP contribution in [0.3, 0.4) is 0 Å². The second-order valence-electron chi connectivity index (χ2n) is 4.95. The van der Waals surface area contributed by atoms with Crippen molar-refractivity contribution in [1.82, 2.24) is 4.57 Å². The molecule has 0 amide bonds. The van der Waals surface area contributed by atoms with E-state index in [1.54, 1.807) is 17.7 Å². The first-order valence-corrected chi connectivity index (χ1v) is 8.04. The summed E-state index contributed by atoms with van der Waals surface area (Å²) in [7, 11) is 1.79. The second kappa shape index (κ2) is 5.66. The molecule has 106 valence electrons. The molecule has 0 N–H and O–H groups in total. The molecule has 0 spiro atoms. The van der Waals surface area contributed by atoms with Crippen molar-refractivity contribution in [2.45, 2.75) is 5.33 Å². The van der Waals surface area contributed by atoms with Crippen molar-refractivity contribution in [3.05, 3.63) is 69.5 Å². The van der Waals surface area contributed by atoms with Gasteiger partial charge in [0.15, 0.2) is 0 Å². The van der Waals surface area contributed by atoms with Crippen molar-refractivity contribution >= 4 is 38.4 Å². The molecule has 0 radical (unpaired) electrons. The van der Waals surface area contributed by atoms with Crippen LogP contribution < -0.4 is 5.56 Å². The fourth-order valence-corrected chi connectivity index (χ4v) is 3.03. The lowest BCUT2D eigenvalue weighted by Gasteiger charge is -2.12. The van der Waals surface area contributed by atoms with Gasteiger partial charge in [0.1, 0.15) is 0 Å². The molecule has 0 saturated heterocycles. The Balaban J connectivity index is 2.41. The topological polar surface area (TPSA) is 22.0 Å². The van der Waals surface area contributed by atoms with Crippen LogP contribution in [0.4, 0.5) is 0 Å². The summed E-state index contributed by atoms with van der Waals surface area (Å²) in [6.07, 6.45) is 0. The summed E-state index contributed by atoms with van der Waals surface area (Å²) in [6, 6.07) is 15.4. The van der Waals surface area contributed by atoms with Crippen LogP contribution in [-0.4, -0.2) is 4.57 Å². The molecule has 0 aliphatic carbocycles. The highest BCUT2D eigenvalue weighted by Gasteiger charge is 2.09. The van der Waals surface area contributed by atoms with Gasteiger partial charge in [0.2, 0.25) is 0 Å². The lowest BCUT2D eigenvalue weighted by Crippen LogP contribution is -2.16. The zero-order valence-electron chi connectivity index (χ0n) is 11.4. The molecular formula is C17H13BrClNO. The smallest absolute Gasteiger partial charge is 0.251 e. The van der Waals surface area contributed by atoms with Crippen LogP contribution in [-0.2, 0) is 12.4 Å². The molecule has 0 atom stereocenters. The number of benzene rings is 2. The first kappa shape index (κ1) is 14.4. The Hall–Kier alpha value is -1.58. The van der Waals surface area contributed by atoms with Crippen molar-refractivity contribution in [3.8, 4) is 11.1 Å². The fourth-order valence-electron chi connectivity index (χ4n) is 2.49. The van der Waals surface area contributed by atoms with E-state index in [9.17, 15) is 4.79 Å². The Bertz CT molecular complexity index is 886. The number of pyridine rings is 1. The molecule has 0 aliphatic heterocycles. The molecule has 0 unspecified atom stereocenters. The highest BCUT2D eigenvalue weighted by atomic mass is 79.9. The summed E-state index contributed by atoms with van der Waals surface area (Å²) in [5.74, 6) is 0. The van der Waals surface area contributed by atoms with Gasteiger partial charge >= 0.3 is 0 Å². The van der Waals surface area contributed by atoms with Gasteiger partial charge in [-0.05, 0) is 41.0 Å². The zero-order valence-corrected chi connectivity index (χ0v) is 13.8. The molecule has 1 aromatic heterocycles. The van der Waals surface area contributed by atoms with Crippen molar-refractivity contribution < 1.29 is 0 Å². The first-order valence-electron chi connectivity index (χ1n) is 6.55. The molecular weight excluding hydrogens is 350 g/mol. The predicted molar refractivity (Wildman–Crippen MR) is 92.3 cm³/mol. The summed E-state index contributed by atoms with van der Waals surface area (Å²) in [5.41, 5.74) is 3.94. The van der Waals surface area contributed by atoms with Crippen LogP contribution in [0.5, 0.6) is 0 Å². The van der Waals surface area contributed by atoms with Crippen molar-refractivity contribution in [2.24, 2.45) is 7.05 Å². The standard InChI is InChI=1S/C17H13BrClNO/c1-20-16-6-5-11(10-18)7-15(16)14(9-17(20)21)12-3-2-4-13(19)8-12/h2-9H,10H2,1H3. The van der Waals surface area contributed by atoms with Crippen LogP contribution in [0.1, 0.15) is 5.56 Å². The summed E-state index contributed by atoms with van der Waals surface area (Å²) in [6.45, 7) is 0. The molecule has 0 bridgehead atoms. The van der Waals surface area contributed by atoms with Gasteiger partial charge < -0.3 is 4.57 Å². The molecule has 2 aromatic carbocycles. The normalized spacial score (nSPS) is 11.0. The van der Waals surface area contributed by atoms with Crippen molar-refractivity contribution in [3.63, 3.8) is 0 Å². The SMILES string of the molecule is Cn1c(=O)cc(-c2cccc(Cl)c2)c2cc(CBr)ccc21. The van der Waals surface area contributed by atoms with E-state index in [2.05, 4.69) is 22.0 Å². The zero-order chi connectivity index (χ0) is 15.0. The maximum Gasteiger partial charge on any atom is 0.251 e. The molecule has 3 aromatic rings. The average Bonchev–Trinajstić information content (AvgIpc) is 2.50. The predicted octanol–water partition coefficient (Wildman–Crippen LogP) is 4.75. The summed E-state index contributed by atoms with van der Waals surface area (Å²) < 4.78 is 1.67. The van der Waals surface area contributed by atoms with Crippen LogP contribution >= 0.6 is 27.5 Å². The van der Waals surface area contributed by atoms with Gasteiger partial charge in [-0.25, -0.2) is 0 Å². The van der Waals surface area contributed by atoms with E-state index < -0.39 is 0 Å². The number of hydrogen-bond acceptors (Lipinski definition) is 1. The third-order valence-electron chi connectivity index (χ3n) is 3.60. The number of aryl methyl sites for hydroxylation is 1. The third kappa shape index (κ3) is 2.63. The van der Waals surface area contributed by atoms with Crippen LogP contribution in [0.25, 0.3) is 22.0 Å². The first-order chi connectivity index (χ1) is 10.1. The van der Waals surface area contributed by atoms with E-state index in [0.29, 0.717) is 5.02 Å². The molecule has 21 heavy (non-hydrogen) atoms. The van der Waals surface area contributed by atoms with E-state index >= 15 is 0 Å². The van der Waals surface area contributed by atoms with E-state index in [1.807, 2.05) is 36.4 Å². The number of aromatic nitrogens is 1. The molecule has 0 aliphatic rings. The highest BCUT2D eigenvalue weighted by molar-refractivity contribution is 9.08. The maximum atomic E-state index is 12.2. The highest BCUT2D eigenvalue weighted by Crippen LogP contribution is 2.29. The number of rotatable bonds is 2. The van der Waals surface area contributed by atoms with E-state index in [0.717, 1.165) is 27.4 Å². The van der Waals surface area contributed by atoms with Gasteiger partial charge in [-0.15, -0.1) is 0 Å². The summed E-state index contributed by atoms with van der Waals surface area (Å²) >= 11 is 9.56. The molecule has 3 rings (SSSR count). The Morgan fingerprint density at radius 3 is 2.67 bits per heavy atom. The van der Waals surface area contributed by atoms with Gasteiger partial charge in [-0.2, -0.15) is 0 Å². The lowest BCUT2D eigenvalue weighted by molar-refractivity contribution is 0.906. The Kier molecular flexibility index (Phi) is 3.87. The number of alkyl halides is 1. The number of halogens is 2. The van der Waals surface area contributed by atoms with Crippen molar-refractivity contribution in [1.29, 1.82) is 0 Å². The lowest BCUT2D eigenvalue weighted by atomic mass is 10.00. The van der Waals surface area contributed by atoms with Crippen LogP contribution in [0, 0.1) is 0 Å². The van der Waals surface area contributed by atoms with E-state index in [-0.39, 0.29) is 5.56 Å². The number of hydrogen-bond donors (Lipinski definition) is 0. The molecule has 1 heterocycles. The second-order valence-corrected chi connectivity index (χ2v) is 5.95. The monoisotopic (exact) mass is 361 g/mol. The molecule has 2 nitrogen and oxygen atoms in total. The minimum absolute atomic E-state index is 0.0240. The maximum absolute atomic E-state index is 12.2. The van der Waals surface area contributed by atoms with Gasteiger partial charge in [0.25, 0.3) is 5.56 Å². The van der Waals surface area contributed by atoms with Gasteiger partial charge in [-0.3, -0.25) is 4.79 Å².